The molecule has 2 rings (SSSR count). The molecule has 0 bridgehead atoms. The fraction of sp³-hybridized carbons (Fsp3) is 0.500. The molecule has 19 heavy (non-hydrogen) atoms. The van der Waals surface area contributed by atoms with Crippen LogP contribution in [0.25, 0.3) is 10.9 Å². The van der Waals surface area contributed by atoms with Crippen molar-refractivity contribution in [2.24, 2.45) is 5.92 Å². The maximum Gasteiger partial charge on any atom is 0.128 e. The average molecular weight is 261 g/mol. The van der Waals surface area contributed by atoms with Gasteiger partial charge in [-0.2, -0.15) is 0 Å². The van der Waals surface area contributed by atoms with Gasteiger partial charge in [0.25, 0.3) is 0 Å². The number of aromatic nitrogens is 1. The maximum atomic E-state index is 5.64. The summed E-state index contributed by atoms with van der Waals surface area (Å²) in [4.78, 5) is 0. The van der Waals surface area contributed by atoms with E-state index in [9.17, 15) is 0 Å². The van der Waals surface area contributed by atoms with Crippen molar-refractivity contribution < 1.29 is 9.47 Å². The predicted molar refractivity (Wildman–Crippen MR) is 78.8 cm³/mol. The molecular formula is C16H23NO2. The van der Waals surface area contributed by atoms with Gasteiger partial charge >= 0.3 is 0 Å². The van der Waals surface area contributed by atoms with E-state index in [4.69, 9.17) is 9.47 Å². The van der Waals surface area contributed by atoms with Gasteiger partial charge in [-0.25, -0.2) is 0 Å². The topological polar surface area (TPSA) is 23.4 Å². The molecule has 0 amide bonds. The molecule has 0 aliphatic heterocycles. The minimum Gasteiger partial charge on any atom is -0.493 e. The Morgan fingerprint density at radius 1 is 1.21 bits per heavy atom. The molecule has 2 aromatic rings. The fourth-order valence-corrected chi connectivity index (χ4v) is 2.15. The largest absolute Gasteiger partial charge is 0.493 e. The molecule has 0 spiro atoms. The zero-order chi connectivity index (χ0) is 13.7. The lowest BCUT2D eigenvalue weighted by molar-refractivity contribution is 0.104. The Morgan fingerprint density at radius 2 is 2.05 bits per heavy atom. The van der Waals surface area contributed by atoms with Crippen LogP contribution in [0.15, 0.2) is 30.5 Å². The minimum absolute atomic E-state index is 0.589. The van der Waals surface area contributed by atoms with Gasteiger partial charge in [0.15, 0.2) is 0 Å². The molecule has 1 heterocycles. The third kappa shape index (κ3) is 3.51. The summed E-state index contributed by atoms with van der Waals surface area (Å²) in [6, 6.07) is 8.30. The molecule has 0 saturated carbocycles. The minimum atomic E-state index is 0.589. The van der Waals surface area contributed by atoms with E-state index in [0.717, 1.165) is 25.5 Å². The molecule has 0 aliphatic rings. The van der Waals surface area contributed by atoms with Gasteiger partial charge in [-0.1, -0.05) is 19.9 Å². The summed E-state index contributed by atoms with van der Waals surface area (Å²) in [6.07, 6.45) is 2.10. The summed E-state index contributed by atoms with van der Waals surface area (Å²) in [7, 11) is 0. The van der Waals surface area contributed by atoms with Gasteiger partial charge in [0.2, 0.25) is 0 Å². The molecule has 3 heteroatoms. The fourth-order valence-electron chi connectivity index (χ4n) is 2.15. The zero-order valence-corrected chi connectivity index (χ0v) is 12.1. The Hall–Kier alpha value is -1.48. The Labute approximate surface area is 115 Å². The van der Waals surface area contributed by atoms with Crippen LogP contribution < -0.4 is 4.74 Å². The van der Waals surface area contributed by atoms with Gasteiger partial charge in [-0.05, 0) is 31.0 Å². The van der Waals surface area contributed by atoms with Crippen LogP contribution in [-0.4, -0.2) is 24.4 Å². The van der Waals surface area contributed by atoms with Crippen LogP contribution >= 0.6 is 0 Å². The molecule has 3 nitrogen and oxygen atoms in total. The lowest BCUT2D eigenvalue weighted by Crippen LogP contribution is -2.08. The monoisotopic (exact) mass is 261 g/mol. The van der Waals surface area contributed by atoms with Crippen LogP contribution in [-0.2, 0) is 11.3 Å². The van der Waals surface area contributed by atoms with E-state index in [0.29, 0.717) is 12.5 Å². The second-order valence-electron chi connectivity index (χ2n) is 5.10. The normalized spacial score (nSPS) is 11.4. The number of hydrogen-bond donors (Lipinski definition) is 0. The Balaban J connectivity index is 2.06. The van der Waals surface area contributed by atoms with Gasteiger partial charge in [0.1, 0.15) is 5.75 Å². The number of rotatable bonds is 7. The van der Waals surface area contributed by atoms with Crippen molar-refractivity contribution in [3.8, 4) is 5.75 Å². The predicted octanol–water partition coefficient (Wildman–Crippen LogP) is 3.71. The highest BCUT2D eigenvalue weighted by Crippen LogP contribution is 2.26. The van der Waals surface area contributed by atoms with E-state index < -0.39 is 0 Å². The van der Waals surface area contributed by atoms with Gasteiger partial charge in [-0.15, -0.1) is 0 Å². The maximum absolute atomic E-state index is 5.64. The first kappa shape index (κ1) is 13.9. The van der Waals surface area contributed by atoms with Gasteiger partial charge in [0, 0.05) is 24.7 Å². The molecule has 0 radical (unpaired) electrons. The van der Waals surface area contributed by atoms with Crippen molar-refractivity contribution in [1.82, 2.24) is 4.57 Å². The van der Waals surface area contributed by atoms with Gasteiger partial charge in [-0.3, -0.25) is 0 Å². The number of benzene rings is 1. The smallest absolute Gasteiger partial charge is 0.128 e. The summed E-state index contributed by atoms with van der Waals surface area (Å²) < 4.78 is 13.5. The quantitative estimate of drug-likeness (QED) is 0.709. The first-order chi connectivity index (χ1) is 9.22. The molecule has 0 atom stereocenters. The molecule has 0 aliphatic carbocycles. The summed E-state index contributed by atoms with van der Waals surface area (Å²) in [5, 5.41) is 1.17. The van der Waals surface area contributed by atoms with E-state index in [2.05, 4.69) is 36.7 Å². The molecule has 0 saturated heterocycles. The molecule has 1 aromatic carbocycles. The Morgan fingerprint density at radius 3 is 2.79 bits per heavy atom. The first-order valence-corrected chi connectivity index (χ1v) is 7.00. The number of hydrogen-bond acceptors (Lipinski definition) is 2. The third-order valence-electron chi connectivity index (χ3n) is 3.00. The second-order valence-corrected chi connectivity index (χ2v) is 5.10. The summed E-state index contributed by atoms with van der Waals surface area (Å²) in [5.41, 5.74) is 1.21. The summed E-state index contributed by atoms with van der Waals surface area (Å²) in [6.45, 7) is 9.49. The van der Waals surface area contributed by atoms with E-state index in [-0.39, 0.29) is 0 Å². The van der Waals surface area contributed by atoms with Gasteiger partial charge in [0.05, 0.1) is 18.7 Å². The van der Waals surface area contributed by atoms with E-state index >= 15 is 0 Å². The average Bonchev–Trinajstić information content (AvgIpc) is 2.79. The van der Waals surface area contributed by atoms with Crippen LogP contribution in [0.3, 0.4) is 0 Å². The van der Waals surface area contributed by atoms with Crippen molar-refractivity contribution >= 4 is 10.9 Å². The highest BCUT2D eigenvalue weighted by Gasteiger charge is 2.06. The molecule has 104 valence electrons. The number of nitrogens with zero attached hydrogens (tertiary/aromatic N) is 1. The van der Waals surface area contributed by atoms with E-state index in [1.165, 1.54) is 10.9 Å². The van der Waals surface area contributed by atoms with E-state index in [1.54, 1.807) is 0 Å². The molecule has 0 fully saturated rings. The summed E-state index contributed by atoms with van der Waals surface area (Å²) in [5.74, 6) is 1.55. The lowest BCUT2D eigenvalue weighted by Gasteiger charge is -2.09. The van der Waals surface area contributed by atoms with Crippen LogP contribution in [0.2, 0.25) is 0 Å². The van der Waals surface area contributed by atoms with Crippen molar-refractivity contribution in [3.05, 3.63) is 30.5 Å². The number of fused-ring (bicyclic) bond motifs is 1. The highest BCUT2D eigenvalue weighted by atomic mass is 16.5. The van der Waals surface area contributed by atoms with Crippen molar-refractivity contribution in [3.63, 3.8) is 0 Å². The number of ether oxygens (including phenoxy) is 2. The Bertz CT molecular complexity index is 516. The third-order valence-corrected chi connectivity index (χ3v) is 3.00. The van der Waals surface area contributed by atoms with Crippen molar-refractivity contribution in [1.29, 1.82) is 0 Å². The highest BCUT2D eigenvalue weighted by molar-refractivity contribution is 5.86. The molecule has 0 unspecified atom stereocenters. The second kappa shape index (κ2) is 6.62. The van der Waals surface area contributed by atoms with E-state index in [1.807, 2.05) is 19.1 Å². The SMILES string of the molecule is CCOc1cccc2c1ccn2CCOCC(C)C. The van der Waals surface area contributed by atoms with Gasteiger partial charge < -0.3 is 14.0 Å². The lowest BCUT2D eigenvalue weighted by atomic mass is 10.2. The standard InChI is InChI=1S/C16H23NO2/c1-4-19-16-7-5-6-15-14(16)8-9-17(15)10-11-18-12-13(2)3/h5-9,13H,4,10-12H2,1-3H3. The summed E-state index contributed by atoms with van der Waals surface area (Å²) >= 11 is 0. The molecule has 0 N–H and O–H groups in total. The molecule has 1 aromatic heterocycles. The molecular weight excluding hydrogens is 238 g/mol. The van der Waals surface area contributed by atoms with Crippen LogP contribution in [0.5, 0.6) is 5.75 Å². The van der Waals surface area contributed by atoms with Crippen molar-refractivity contribution in [2.75, 3.05) is 19.8 Å². The first-order valence-electron chi connectivity index (χ1n) is 7.00. The zero-order valence-electron chi connectivity index (χ0n) is 12.1. The van der Waals surface area contributed by atoms with Crippen molar-refractivity contribution in [2.45, 2.75) is 27.3 Å². The Kier molecular flexibility index (Phi) is 4.86. The van der Waals surface area contributed by atoms with Crippen LogP contribution in [0.1, 0.15) is 20.8 Å². The van der Waals surface area contributed by atoms with Crippen LogP contribution in [0.4, 0.5) is 0 Å². The van der Waals surface area contributed by atoms with Crippen LogP contribution in [0, 0.1) is 5.92 Å².